The summed E-state index contributed by atoms with van der Waals surface area (Å²) in [4.78, 5) is 15.2. The zero-order valence-corrected chi connectivity index (χ0v) is 11.0. The molecule has 3 rings (SSSR count). The Balaban J connectivity index is 1.77. The summed E-state index contributed by atoms with van der Waals surface area (Å²) in [6.07, 6.45) is 1.63. The normalized spacial score (nSPS) is 10.8. The fraction of sp³-hybridized carbons (Fsp3) is 0.0625. The summed E-state index contributed by atoms with van der Waals surface area (Å²) in [5.74, 6) is -1.54. The van der Waals surface area contributed by atoms with E-state index in [1.54, 1.807) is 6.20 Å². The standard InChI is InChI=1S/C16H12F2N2O/c17-10-5-6-15(13(18)7-10)20-9-16(21)12-8-19-14-4-2-1-3-11(12)14/h1-8,19-20H,9H2. The predicted octanol–water partition coefficient (Wildman–Crippen LogP) is 3.74. The van der Waals surface area contributed by atoms with Crippen LogP contribution in [-0.2, 0) is 0 Å². The molecule has 0 amide bonds. The van der Waals surface area contributed by atoms with E-state index in [9.17, 15) is 13.6 Å². The van der Waals surface area contributed by atoms with Gasteiger partial charge in [0.2, 0.25) is 0 Å². The van der Waals surface area contributed by atoms with Gasteiger partial charge in [0.15, 0.2) is 5.78 Å². The molecule has 3 nitrogen and oxygen atoms in total. The number of halogens is 2. The zero-order chi connectivity index (χ0) is 14.8. The number of benzene rings is 2. The Labute approximate surface area is 119 Å². The molecule has 0 unspecified atom stereocenters. The van der Waals surface area contributed by atoms with E-state index in [-0.39, 0.29) is 18.0 Å². The highest BCUT2D eigenvalue weighted by Crippen LogP contribution is 2.19. The summed E-state index contributed by atoms with van der Waals surface area (Å²) < 4.78 is 26.3. The van der Waals surface area contributed by atoms with Crippen molar-refractivity contribution in [3.63, 3.8) is 0 Å². The van der Waals surface area contributed by atoms with E-state index in [1.807, 2.05) is 24.3 Å². The average molecular weight is 286 g/mol. The summed E-state index contributed by atoms with van der Waals surface area (Å²) in [5.41, 5.74) is 1.51. The van der Waals surface area contributed by atoms with E-state index in [0.717, 1.165) is 23.0 Å². The molecule has 106 valence electrons. The van der Waals surface area contributed by atoms with Crippen LogP contribution in [0.15, 0.2) is 48.7 Å². The summed E-state index contributed by atoms with van der Waals surface area (Å²) in [6.45, 7) is -0.0651. The number of H-pyrrole nitrogens is 1. The van der Waals surface area contributed by atoms with E-state index < -0.39 is 11.6 Å². The van der Waals surface area contributed by atoms with Crippen LogP contribution < -0.4 is 5.32 Å². The first-order valence-electron chi connectivity index (χ1n) is 6.43. The summed E-state index contributed by atoms with van der Waals surface area (Å²) in [7, 11) is 0. The number of ketones is 1. The summed E-state index contributed by atoms with van der Waals surface area (Å²) in [6, 6.07) is 10.6. The van der Waals surface area contributed by atoms with Crippen LogP contribution in [0, 0.1) is 11.6 Å². The zero-order valence-electron chi connectivity index (χ0n) is 11.0. The Bertz CT molecular complexity index is 811. The molecule has 0 aliphatic rings. The van der Waals surface area contributed by atoms with E-state index in [2.05, 4.69) is 10.3 Å². The Morgan fingerprint density at radius 3 is 2.76 bits per heavy atom. The van der Waals surface area contributed by atoms with Gasteiger partial charge in [0.25, 0.3) is 0 Å². The second kappa shape index (κ2) is 5.36. The molecule has 1 aromatic heterocycles. The number of aromatic nitrogens is 1. The lowest BCUT2D eigenvalue weighted by atomic mass is 10.1. The minimum Gasteiger partial charge on any atom is -0.375 e. The second-order valence-electron chi connectivity index (χ2n) is 4.65. The topological polar surface area (TPSA) is 44.9 Å². The molecule has 2 aromatic carbocycles. The van der Waals surface area contributed by atoms with Crippen molar-refractivity contribution in [2.45, 2.75) is 0 Å². The molecule has 0 bridgehead atoms. The number of fused-ring (bicyclic) bond motifs is 1. The Morgan fingerprint density at radius 2 is 1.95 bits per heavy atom. The first kappa shape index (κ1) is 13.3. The number of nitrogens with one attached hydrogen (secondary N) is 2. The Morgan fingerprint density at radius 1 is 1.14 bits per heavy atom. The van der Waals surface area contributed by atoms with Crippen LogP contribution in [0.25, 0.3) is 10.9 Å². The van der Waals surface area contributed by atoms with Crippen molar-refractivity contribution in [2.75, 3.05) is 11.9 Å². The van der Waals surface area contributed by atoms with Crippen molar-refractivity contribution >= 4 is 22.4 Å². The smallest absolute Gasteiger partial charge is 0.183 e. The third kappa shape index (κ3) is 2.63. The van der Waals surface area contributed by atoms with Crippen molar-refractivity contribution in [3.05, 3.63) is 65.9 Å². The molecule has 2 N–H and O–H groups in total. The summed E-state index contributed by atoms with van der Waals surface area (Å²) in [5, 5.41) is 3.51. The maximum Gasteiger partial charge on any atom is 0.183 e. The number of aromatic amines is 1. The highest BCUT2D eigenvalue weighted by atomic mass is 19.1. The highest BCUT2D eigenvalue weighted by Gasteiger charge is 2.12. The lowest BCUT2D eigenvalue weighted by Gasteiger charge is -2.06. The number of carbonyl (C=O) groups excluding carboxylic acids is 1. The van der Waals surface area contributed by atoms with Gasteiger partial charge in [0.1, 0.15) is 11.6 Å². The molecule has 0 fully saturated rings. The van der Waals surface area contributed by atoms with Gasteiger partial charge in [0.05, 0.1) is 12.2 Å². The number of rotatable bonds is 4. The van der Waals surface area contributed by atoms with Gasteiger partial charge in [0, 0.05) is 28.7 Å². The van der Waals surface area contributed by atoms with Crippen molar-refractivity contribution in [1.82, 2.24) is 4.98 Å². The van der Waals surface area contributed by atoms with Gasteiger partial charge in [-0.1, -0.05) is 18.2 Å². The van der Waals surface area contributed by atoms with Crippen molar-refractivity contribution in [3.8, 4) is 0 Å². The van der Waals surface area contributed by atoms with Crippen LogP contribution in [0.3, 0.4) is 0 Å². The minimum absolute atomic E-state index is 0.0651. The minimum atomic E-state index is -0.721. The fourth-order valence-electron chi connectivity index (χ4n) is 2.21. The van der Waals surface area contributed by atoms with Crippen LogP contribution in [-0.4, -0.2) is 17.3 Å². The number of hydrogen-bond acceptors (Lipinski definition) is 2. The van der Waals surface area contributed by atoms with Gasteiger partial charge in [-0.2, -0.15) is 0 Å². The molecule has 0 saturated heterocycles. The van der Waals surface area contributed by atoms with E-state index >= 15 is 0 Å². The number of para-hydroxylation sites is 1. The monoisotopic (exact) mass is 286 g/mol. The molecule has 0 saturated carbocycles. The fourth-order valence-corrected chi connectivity index (χ4v) is 2.21. The molecule has 3 aromatic rings. The van der Waals surface area contributed by atoms with E-state index in [4.69, 9.17) is 0 Å². The quantitative estimate of drug-likeness (QED) is 0.718. The molecule has 1 heterocycles. The van der Waals surface area contributed by atoms with Gasteiger partial charge in [-0.05, 0) is 18.2 Å². The van der Waals surface area contributed by atoms with E-state index in [1.165, 1.54) is 6.07 Å². The SMILES string of the molecule is O=C(CNc1ccc(F)cc1F)c1c[nH]c2ccccc12. The average Bonchev–Trinajstić information content (AvgIpc) is 2.90. The molecule has 0 aliphatic heterocycles. The van der Waals surface area contributed by atoms with Crippen LogP contribution in [0.2, 0.25) is 0 Å². The second-order valence-corrected chi connectivity index (χ2v) is 4.65. The van der Waals surface area contributed by atoms with Gasteiger partial charge >= 0.3 is 0 Å². The van der Waals surface area contributed by atoms with Gasteiger partial charge < -0.3 is 10.3 Å². The maximum absolute atomic E-state index is 13.5. The Kier molecular flexibility index (Phi) is 3.39. The molecule has 5 heteroatoms. The lowest BCUT2D eigenvalue weighted by molar-refractivity contribution is 0.101. The number of carbonyl (C=O) groups is 1. The molecular formula is C16H12F2N2O. The van der Waals surface area contributed by atoms with Crippen molar-refractivity contribution in [2.24, 2.45) is 0 Å². The predicted molar refractivity (Wildman–Crippen MR) is 77.5 cm³/mol. The molecule has 0 spiro atoms. The van der Waals surface area contributed by atoms with Crippen LogP contribution in [0.5, 0.6) is 0 Å². The molecular weight excluding hydrogens is 274 g/mol. The first-order chi connectivity index (χ1) is 10.1. The third-order valence-electron chi connectivity index (χ3n) is 3.26. The molecule has 0 radical (unpaired) electrons. The maximum atomic E-state index is 13.5. The number of hydrogen-bond donors (Lipinski definition) is 2. The molecule has 0 atom stereocenters. The number of anilines is 1. The van der Waals surface area contributed by atoms with Gasteiger partial charge in [-0.15, -0.1) is 0 Å². The largest absolute Gasteiger partial charge is 0.375 e. The van der Waals surface area contributed by atoms with Crippen LogP contribution in [0.4, 0.5) is 14.5 Å². The van der Waals surface area contributed by atoms with Crippen molar-refractivity contribution < 1.29 is 13.6 Å². The van der Waals surface area contributed by atoms with Gasteiger partial charge in [-0.3, -0.25) is 4.79 Å². The summed E-state index contributed by atoms with van der Waals surface area (Å²) >= 11 is 0. The van der Waals surface area contributed by atoms with Gasteiger partial charge in [-0.25, -0.2) is 8.78 Å². The Hall–Kier alpha value is -2.69. The lowest BCUT2D eigenvalue weighted by Crippen LogP contribution is -2.14. The molecule has 21 heavy (non-hydrogen) atoms. The molecule has 0 aliphatic carbocycles. The third-order valence-corrected chi connectivity index (χ3v) is 3.26. The number of Topliss-reactive ketones (excluding diaryl/α,β-unsaturated/α-hetero) is 1. The first-order valence-corrected chi connectivity index (χ1v) is 6.43. The van der Waals surface area contributed by atoms with Crippen LogP contribution >= 0.6 is 0 Å². The van der Waals surface area contributed by atoms with E-state index in [0.29, 0.717) is 5.56 Å². The highest BCUT2D eigenvalue weighted by molar-refractivity contribution is 6.09. The van der Waals surface area contributed by atoms with Crippen LogP contribution in [0.1, 0.15) is 10.4 Å². The van der Waals surface area contributed by atoms with Crippen molar-refractivity contribution in [1.29, 1.82) is 0 Å².